The first-order valence-electron chi connectivity index (χ1n) is 6.70. The molecule has 0 bridgehead atoms. The Morgan fingerprint density at radius 3 is 2.68 bits per heavy atom. The van der Waals surface area contributed by atoms with Crippen LogP contribution in [-0.2, 0) is 0 Å². The van der Waals surface area contributed by atoms with Crippen molar-refractivity contribution in [3.63, 3.8) is 0 Å². The molecule has 4 aromatic rings. The number of benzene rings is 2. The van der Waals surface area contributed by atoms with Crippen molar-refractivity contribution < 1.29 is 4.42 Å². The molecule has 3 nitrogen and oxygen atoms in total. The van der Waals surface area contributed by atoms with Crippen molar-refractivity contribution in [1.82, 2.24) is 9.55 Å². The second-order valence-electron chi connectivity index (χ2n) is 4.89. The van der Waals surface area contributed by atoms with Crippen LogP contribution in [-0.4, -0.2) is 9.55 Å². The van der Waals surface area contributed by atoms with E-state index in [1.807, 2.05) is 65.5 Å². The van der Waals surface area contributed by atoms with Gasteiger partial charge in [-0.3, -0.25) is 0 Å². The fraction of sp³-hybridized carbons (Fsp3) is 0. The van der Waals surface area contributed by atoms with E-state index in [0.29, 0.717) is 10.9 Å². The van der Waals surface area contributed by atoms with Gasteiger partial charge < -0.3 is 8.98 Å². The third kappa shape index (κ3) is 2.34. The van der Waals surface area contributed by atoms with Crippen LogP contribution in [0.25, 0.3) is 28.2 Å². The standard InChI is InChI=1S/C17H10BrClN2O/c18-11-3-5-14(19)13(9-11)17-20-15-10-12(4-6-16(15)22-17)21-7-1-2-8-21/h1-10H. The van der Waals surface area contributed by atoms with Crippen molar-refractivity contribution >= 4 is 38.6 Å². The molecule has 0 amide bonds. The molecular weight excluding hydrogens is 364 g/mol. The molecule has 0 radical (unpaired) electrons. The maximum Gasteiger partial charge on any atom is 0.228 e. The van der Waals surface area contributed by atoms with Crippen LogP contribution in [0.4, 0.5) is 0 Å². The molecule has 0 unspecified atom stereocenters. The fourth-order valence-corrected chi connectivity index (χ4v) is 2.92. The summed E-state index contributed by atoms with van der Waals surface area (Å²) in [6.07, 6.45) is 3.99. The Morgan fingerprint density at radius 1 is 1.05 bits per heavy atom. The SMILES string of the molecule is Clc1ccc(Br)cc1-c1nc2cc(-n3cccc3)ccc2o1. The first kappa shape index (κ1) is 13.6. The Hall–Kier alpha value is -2.04. The van der Waals surface area contributed by atoms with E-state index in [-0.39, 0.29) is 0 Å². The van der Waals surface area contributed by atoms with Crippen molar-refractivity contribution in [2.75, 3.05) is 0 Å². The number of rotatable bonds is 2. The van der Waals surface area contributed by atoms with E-state index < -0.39 is 0 Å². The maximum atomic E-state index is 6.25. The van der Waals surface area contributed by atoms with Crippen LogP contribution in [0.5, 0.6) is 0 Å². The lowest BCUT2D eigenvalue weighted by Gasteiger charge is -2.00. The van der Waals surface area contributed by atoms with Gasteiger partial charge in [-0.15, -0.1) is 0 Å². The van der Waals surface area contributed by atoms with E-state index in [1.54, 1.807) is 0 Å². The molecule has 0 saturated carbocycles. The molecule has 2 aromatic carbocycles. The quantitative estimate of drug-likeness (QED) is 0.451. The molecule has 0 fully saturated rings. The number of fused-ring (bicyclic) bond motifs is 1. The van der Waals surface area contributed by atoms with E-state index in [1.165, 1.54) is 0 Å². The molecule has 0 saturated heterocycles. The van der Waals surface area contributed by atoms with E-state index in [0.717, 1.165) is 26.8 Å². The lowest BCUT2D eigenvalue weighted by atomic mass is 10.2. The van der Waals surface area contributed by atoms with Gasteiger partial charge in [-0.1, -0.05) is 27.5 Å². The average Bonchev–Trinajstić information content (AvgIpc) is 3.17. The van der Waals surface area contributed by atoms with E-state index in [2.05, 4.69) is 20.9 Å². The van der Waals surface area contributed by atoms with Crippen LogP contribution >= 0.6 is 27.5 Å². The first-order valence-corrected chi connectivity index (χ1v) is 7.87. The monoisotopic (exact) mass is 372 g/mol. The smallest absolute Gasteiger partial charge is 0.228 e. The van der Waals surface area contributed by atoms with Gasteiger partial charge in [0.1, 0.15) is 5.52 Å². The molecule has 0 aliphatic heterocycles. The van der Waals surface area contributed by atoms with E-state index in [9.17, 15) is 0 Å². The molecule has 2 heterocycles. The number of nitrogens with zero attached hydrogens (tertiary/aromatic N) is 2. The van der Waals surface area contributed by atoms with Gasteiger partial charge in [0.2, 0.25) is 5.89 Å². The van der Waals surface area contributed by atoms with Crippen molar-refractivity contribution in [2.24, 2.45) is 0 Å². The van der Waals surface area contributed by atoms with Gasteiger partial charge in [0, 0.05) is 22.6 Å². The molecule has 4 rings (SSSR count). The summed E-state index contributed by atoms with van der Waals surface area (Å²) >= 11 is 9.69. The van der Waals surface area contributed by atoms with Crippen LogP contribution in [0.3, 0.4) is 0 Å². The number of aromatic nitrogens is 2. The minimum Gasteiger partial charge on any atom is -0.436 e. The van der Waals surface area contributed by atoms with E-state index >= 15 is 0 Å². The van der Waals surface area contributed by atoms with Gasteiger partial charge in [0.25, 0.3) is 0 Å². The molecule has 22 heavy (non-hydrogen) atoms. The van der Waals surface area contributed by atoms with Crippen LogP contribution in [0.2, 0.25) is 5.02 Å². The van der Waals surface area contributed by atoms with Gasteiger partial charge in [-0.2, -0.15) is 0 Å². The third-order valence-corrected chi connectivity index (χ3v) is 4.26. The fourth-order valence-electron chi connectivity index (χ4n) is 2.36. The lowest BCUT2D eigenvalue weighted by Crippen LogP contribution is -1.88. The zero-order valence-corrected chi connectivity index (χ0v) is 13.7. The van der Waals surface area contributed by atoms with Gasteiger partial charge in [-0.05, 0) is 48.5 Å². The molecule has 5 heteroatoms. The van der Waals surface area contributed by atoms with Gasteiger partial charge in [0.15, 0.2) is 5.58 Å². The van der Waals surface area contributed by atoms with Crippen molar-refractivity contribution in [3.8, 4) is 17.1 Å². The summed E-state index contributed by atoms with van der Waals surface area (Å²) in [5.74, 6) is 0.519. The summed E-state index contributed by atoms with van der Waals surface area (Å²) in [5.41, 5.74) is 3.35. The second kappa shape index (κ2) is 5.30. The Balaban J connectivity index is 1.85. The Kier molecular flexibility index (Phi) is 3.28. The highest BCUT2D eigenvalue weighted by Crippen LogP contribution is 2.32. The molecule has 0 N–H and O–H groups in total. The second-order valence-corrected chi connectivity index (χ2v) is 6.21. The van der Waals surface area contributed by atoms with Crippen LogP contribution in [0, 0.1) is 0 Å². The molecule has 2 aromatic heterocycles. The minimum atomic E-state index is 0.519. The average molecular weight is 374 g/mol. The van der Waals surface area contributed by atoms with Crippen molar-refractivity contribution in [2.45, 2.75) is 0 Å². The number of hydrogen-bond acceptors (Lipinski definition) is 2. The predicted molar refractivity (Wildman–Crippen MR) is 91.5 cm³/mol. The van der Waals surface area contributed by atoms with Gasteiger partial charge >= 0.3 is 0 Å². The predicted octanol–water partition coefficient (Wildman–Crippen LogP) is 5.70. The van der Waals surface area contributed by atoms with Crippen LogP contribution in [0.15, 0.2) is 69.8 Å². The summed E-state index contributed by atoms with van der Waals surface area (Å²) in [6.45, 7) is 0. The summed E-state index contributed by atoms with van der Waals surface area (Å²) < 4.78 is 8.80. The van der Waals surface area contributed by atoms with Gasteiger partial charge in [-0.25, -0.2) is 4.98 Å². The highest BCUT2D eigenvalue weighted by Gasteiger charge is 2.12. The number of oxazole rings is 1. The largest absolute Gasteiger partial charge is 0.436 e. The zero-order chi connectivity index (χ0) is 15.1. The Bertz CT molecular complexity index is 960. The summed E-state index contributed by atoms with van der Waals surface area (Å²) in [4.78, 5) is 4.57. The molecule has 0 aliphatic rings. The highest BCUT2D eigenvalue weighted by atomic mass is 79.9. The molecular formula is C17H10BrClN2O. The maximum absolute atomic E-state index is 6.25. The lowest BCUT2D eigenvalue weighted by molar-refractivity contribution is 0.620. The molecule has 0 aliphatic carbocycles. The van der Waals surface area contributed by atoms with Crippen LogP contribution < -0.4 is 0 Å². The van der Waals surface area contributed by atoms with E-state index in [4.69, 9.17) is 16.0 Å². The number of hydrogen-bond donors (Lipinski definition) is 0. The molecule has 0 spiro atoms. The van der Waals surface area contributed by atoms with Crippen molar-refractivity contribution in [3.05, 3.63) is 70.4 Å². The highest BCUT2D eigenvalue weighted by molar-refractivity contribution is 9.10. The molecule has 0 atom stereocenters. The minimum absolute atomic E-state index is 0.519. The normalized spacial score (nSPS) is 11.2. The first-order chi connectivity index (χ1) is 10.7. The summed E-state index contributed by atoms with van der Waals surface area (Å²) in [5, 5.41) is 0.611. The Labute approximate surface area is 140 Å². The topological polar surface area (TPSA) is 31.0 Å². The van der Waals surface area contributed by atoms with Gasteiger partial charge in [0.05, 0.1) is 10.6 Å². The zero-order valence-electron chi connectivity index (χ0n) is 11.3. The summed E-state index contributed by atoms with van der Waals surface area (Å²) in [6, 6.07) is 15.5. The summed E-state index contributed by atoms with van der Waals surface area (Å²) in [7, 11) is 0. The van der Waals surface area contributed by atoms with Crippen LogP contribution in [0.1, 0.15) is 0 Å². The number of halogens is 2. The third-order valence-electron chi connectivity index (χ3n) is 3.43. The molecule has 108 valence electrons. The Morgan fingerprint density at radius 2 is 1.86 bits per heavy atom. The van der Waals surface area contributed by atoms with Crippen molar-refractivity contribution in [1.29, 1.82) is 0 Å².